The van der Waals surface area contributed by atoms with Crippen molar-refractivity contribution in [2.45, 2.75) is 26.0 Å². The van der Waals surface area contributed by atoms with Crippen LogP contribution in [-0.4, -0.2) is 33.3 Å². The first kappa shape index (κ1) is 13.2. The molecule has 2 heterocycles. The van der Waals surface area contributed by atoms with Gasteiger partial charge in [0.05, 0.1) is 24.0 Å². The van der Waals surface area contributed by atoms with E-state index in [0.29, 0.717) is 22.7 Å². The molecule has 0 unspecified atom stereocenters. The van der Waals surface area contributed by atoms with Gasteiger partial charge in [0.1, 0.15) is 0 Å². The van der Waals surface area contributed by atoms with Gasteiger partial charge in [0.25, 0.3) is 0 Å². The summed E-state index contributed by atoms with van der Waals surface area (Å²) < 4.78 is 20.7. The molecule has 5 nitrogen and oxygen atoms in total. The van der Waals surface area contributed by atoms with E-state index in [1.165, 1.54) is 0 Å². The minimum atomic E-state index is -1.59. The lowest BCUT2D eigenvalue weighted by atomic mass is 10.2. The molecule has 1 fully saturated rings. The van der Waals surface area contributed by atoms with Gasteiger partial charge in [-0.3, -0.25) is 0 Å². The van der Waals surface area contributed by atoms with Crippen LogP contribution >= 0.6 is 15.9 Å². The lowest BCUT2D eigenvalue weighted by molar-refractivity contribution is -0.134. The van der Waals surface area contributed by atoms with Crippen LogP contribution in [0.1, 0.15) is 17.8 Å². The first-order valence-electron chi connectivity index (χ1n) is 5.43. The molecule has 1 atom stereocenters. The summed E-state index contributed by atoms with van der Waals surface area (Å²) in [5.41, 5.74) is 1.01. The van der Waals surface area contributed by atoms with E-state index < -0.39 is 11.8 Å². The van der Waals surface area contributed by atoms with E-state index >= 15 is 0 Å². The van der Waals surface area contributed by atoms with Crippen LogP contribution in [0.5, 0.6) is 0 Å². The van der Waals surface area contributed by atoms with Gasteiger partial charge in [-0.2, -0.15) is 4.39 Å². The molecule has 1 aliphatic heterocycles. The standard InChI is InChI=1S/C11H12BrFN2O3/c1-6-9(4-8(13)10(16)17)15(11(12)14-6)5-7-2-3-18-7/h4,7H,2-3,5H2,1H3,(H,16,17)/b8-4+/t7-/m0/s1. The Morgan fingerprint density at radius 2 is 2.44 bits per heavy atom. The van der Waals surface area contributed by atoms with Crippen molar-refractivity contribution in [3.63, 3.8) is 0 Å². The van der Waals surface area contributed by atoms with Gasteiger partial charge in [-0.25, -0.2) is 9.78 Å². The van der Waals surface area contributed by atoms with Crippen LogP contribution in [0.25, 0.3) is 6.08 Å². The van der Waals surface area contributed by atoms with Gasteiger partial charge in [0.15, 0.2) is 4.73 Å². The summed E-state index contributed by atoms with van der Waals surface area (Å²) in [5, 5.41) is 8.56. The molecule has 18 heavy (non-hydrogen) atoms. The van der Waals surface area contributed by atoms with Crippen molar-refractivity contribution < 1.29 is 19.0 Å². The number of carboxylic acids is 1. The van der Waals surface area contributed by atoms with Gasteiger partial charge in [-0.1, -0.05) is 0 Å². The lowest BCUT2D eigenvalue weighted by Gasteiger charge is -2.27. The van der Waals surface area contributed by atoms with Gasteiger partial charge in [-0.05, 0) is 29.3 Å². The molecular formula is C11H12BrFN2O3. The van der Waals surface area contributed by atoms with Gasteiger partial charge in [0.2, 0.25) is 5.83 Å². The topological polar surface area (TPSA) is 64.4 Å². The maximum atomic E-state index is 13.2. The van der Waals surface area contributed by atoms with Crippen molar-refractivity contribution in [2.75, 3.05) is 6.61 Å². The summed E-state index contributed by atoms with van der Waals surface area (Å²) in [6.45, 7) is 2.95. The minimum absolute atomic E-state index is 0.0786. The number of hydrogen-bond donors (Lipinski definition) is 1. The Labute approximate surface area is 111 Å². The summed E-state index contributed by atoms with van der Waals surface area (Å²) in [6, 6.07) is 0. The fraction of sp³-hybridized carbons (Fsp3) is 0.455. The molecule has 1 aliphatic rings. The highest BCUT2D eigenvalue weighted by Crippen LogP contribution is 2.23. The molecule has 98 valence electrons. The highest BCUT2D eigenvalue weighted by Gasteiger charge is 2.22. The first-order valence-corrected chi connectivity index (χ1v) is 6.23. The van der Waals surface area contributed by atoms with Crippen LogP contribution in [-0.2, 0) is 16.1 Å². The fourth-order valence-electron chi connectivity index (χ4n) is 1.72. The highest BCUT2D eigenvalue weighted by atomic mass is 79.9. The molecule has 0 aliphatic carbocycles. The number of aliphatic carboxylic acids is 1. The van der Waals surface area contributed by atoms with Crippen molar-refractivity contribution in [2.24, 2.45) is 0 Å². The first-order chi connectivity index (χ1) is 8.49. The van der Waals surface area contributed by atoms with Gasteiger partial charge >= 0.3 is 5.97 Å². The molecule has 0 spiro atoms. The predicted octanol–water partition coefficient (Wildman–Crippen LogP) is 2.14. The zero-order chi connectivity index (χ0) is 13.3. The van der Waals surface area contributed by atoms with E-state index in [1.54, 1.807) is 11.5 Å². The molecule has 1 aromatic rings. The lowest BCUT2D eigenvalue weighted by Crippen LogP contribution is -2.31. The van der Waals surface area contributed by atoms with E-state index in [0.717, 1.165) is 19.1 Å². The number of ether oxygens (including phenoxy) is 1. The normalized spacial score (nSPS) is 19.7. The zero-order valence-corrected chi connectivity index (χ0v) is 11.3. The summed E-state index contributed by atoms with van der Waals surface area (Å²) >= 11 is 3.27. The Morgan fingerprint density at radius 1 is 1.78 bits per heavy atom. The van der Waals surface area contributed by atoms with Crippen molar-refractivity contribution in [1.82, 2.24) is 9.55 Å². The summed E-state index contributed by atoms with van der Waals surface area (Å²) in [7, 11) is 0. The van der Waals surface area contributed by atoms with Gasteiger partial charge in [0, 0.05) is 12.7 Å². The van der Waals surface area contributed by atoms with Crippen molar-refractivity contribution >= 4 is 28.0 Å². The molecule has 1 N–H and O–H groups in total. The third-order valence-electron chi connectivity index (χ3n) is 2.79. The van der Waals surface area contributed by atoms with Crippen LogP contribution in [0.15, 0.2) is 10.6 Å². The van der Waals surface area contributed by atoms with Crippen LogP contribution in [0.4, 0.5) is 4.39 Å². The van der Waals surface area contributed by atoms with E-state index in [-0.39, 0.29) is 6.10 Å². The predicted molar refractivity (Wildman–Crippen MR) is 65.7 cm³/mol. The molecule has 0 radical (unpaired) electrons. The molecular weight excluding hydrogens is 307 g/mol. The largest absolute Gasteiger partial charge is 0.476 e. The van der Waals surface area contributed by atoms with Crippen molar-refractivity contribution in [3.8, 4) is 0 Å². The smallest absolute Gasteiger partial charge is 0.364 e. The number of hydrogen-bond acceptors (Lipinski definition) is 3. The Balaban J connectivity index is 2.32. The number of imidazole rings is 1. The molecule has 0 aromatic carbocycles. The molecule has 0 amide bonds. The Bertz CT molecular complexity index is 509. The third-order valence-corrected chi connectivity index (χ3v) is 3.40. The number of halogens is 2. The maximum Gasteiger partial charge on any atom is 0.364 e. The summed E-state index contributed by atoms with van der Waals surface area (Å²) in [5.74, 6) is -2.79. The van der Waals surface area contributed by atoms with E-state index in [4.69, 9.17) is 9.84 Å². The zero-order valence-electron chi connectivity index (χ0n) is 9.69. The second-order valence-corrected chi connectivity index (χ2v) is 4.75. The molecule has 1 saturated heterocycles. The molecule has 0 saturated carbocycles. The van der Waals surface area contributed by atoms with Crippen LogP contribution in [0, 0.1) is 6.92 Å². The number of aryl methyl sites for hydroxylation is 1. The van der Waals surface area contributed by atoms with Crippen LogP contribution in [0.3, 0.4) is 0 Å². The van der Waals surface area contributed by atoms with E-state index in [2.05, 4.69) is 20.9 Å². The SMILES string of the molecule is Cc1nc(Br)n(C[C@@H]2CCO2)c1/C=C(/F)C(=O)O. The van der Waals surface area contributed by atoms with E-state index in [1.807, 2.05) is 0 Å². The Kier molecular flexibility index (Phi) is 3.82. The average Bonchev–Trinajstić information content (AvgIpc) is 2.48. The molecule has 0 bridgehead atoms. The highest BCUT2D eigenvalue weighted by molar-refractivity contribution is 9.10. The Morgan fingerprint density at radius 3 is 2.94 bits per heavy atom. The summed E-state index contributed by atoms with van der Waals surface area (Å²) in [6.07, 6.45) is 2.00. The second-order valence-electron chi connectivity index (χ2n) is 4.04. The van der Waals surface area contributed by atoms with Crippen molar-refractivity contribution in [1.29, 1.82) is 0 Å². The average molecular weight is 319 g/mol. The van der Waals surface area contributed by atoms with Crippen LogP contribution < -0.4 is 0 Å². The number of aromatic nitrogens is 2. The Hall–Kier alpha value is -1.21. The maximum absolute atomic E-state index is 13.2. The van der Waals surface area contributed by atoms with Gasteiger partial charge in [-0.15, -0.1) is 0 Å². The van der Waals surface area contributed by atoms with Gasteiger partial charge < -0.3 is 14.4 Å². The van der Waals surface area contributed by atoms with Crippen molar-refractivity contribution in [3.05, 3.63) is 21.9 Å². The fourth-order valence-corrected chi connectivity index (χ4v) is 2.32. The number of carbonyl (C=O) groups is 1. The number of rotatable bonds is 4. The number of carboxylic acid groups (broad SMARTS) is 1. The minimum Gasteiger partial charge on any atom is -0.476 e. The summed E-state index contributed by atoms with van der Waals surface area (Å²) in [4.78, 5) is 14.7. The van der Waals surface area contributed by atoms with Crippen LogP contribution in [0.2, 0.25) is 0 Å². The molecule has 1 aromatic heterocycles. The monoisotopic (exact) mass is 318 g/mol. The molecule has 7 heteroatoms. The van der Waals surface area contributed by atoms with E-state index in [9.17, 15) is 9.18 Å². The quantitative estimate of drug-likeness (QED) is 0.864. The third kappa shape index (κ3) is 2.62. The molecule has 2 rings (SSSR count). The second kappa shape index (κ2) is 5.19. The number of nitrogens with zero attached hydrogens (tertiary/aromatic N) is 2.